The highest BCUT2D eigenvalue weighted by Crippen LogP contribution is 2.27. The lowest BCUT2D eigenvalue weighted by Gasteiger charge is -2.38. The van der Waals surface area contributed by atoms with Gasteiger partial charge in [-0.15, -0.1) is 0 Å². The highest BCUT2D eigenvalue weighted by atomic mass is 16.5. The van der Waals surface area contributed by atoms with Gasteiger partial charge in [0.15, 0.2) is 0 Å². The van der Waals surface area contributed by atoms with E-state index in [0.29, 0.717) is 5.92 Å². The SMILES string of the molecule is CC(C)c1ccc(CN2CCC3(CC2)NCCO3)cc1. The molecule has 2 heterocycles. The van der Waals surface area contributed by atoms with Crippen LogP contribution in [0, 0.1) is 0 Å². The molecule has 1 N–H and O–H groups in total. The summed E-state index contributed by atoms with van der Waals surface area (Å²) in [7, 11) is 0. The van der Waals surface area contributed by atoms with Crippen LogP contribution in [-0.2, 0) is 11.3 Å². The molecule has 2 aliphatic heterocycles. The van der Waals surface area contributed by atoms with Crippen molar-refractivity contribution in [2.24, 2.45) is 0 Å². The second-order valence-electron chi connectivity index (χ2n) is 6.44. The molecule has 110 valence electrons. The van der Waals surface area contributed by atoms with Crippen LogP contribution in [0.1, 0.15) is 43.7 Å². The summed E-state index contributed by atoms with van der Waals surface area (Å²) in [4.78, 5) is 2.54. The Labute approximate surface area is 122 Å². The Hall–Kier alpha value is -0.900. The lowest BCUT2D eigenvalue weighted by Crippen LogP contribution is -2.50. The predicted molar refractivity (Wildman–Crippen MR) is 81.7 cm³/mol. The van der Waals surface area contributed by atoms with Gasteiger partial charge in [-0.05, 0) is 17.0 Å². The van der Waals surface area contributed by atoms with E-state index >= 15 is 0 Å². The van der Waals surface area contributed by atoms with Crippen LogP contribution in [0.2, 0.25) is 0 Å². The molecule has 1 aromatic rings. The Kier molecular flexibility index (Phi) is 4.11. The van der Waals surface area contributed by atoms with Crippen molar-refractivity contribution in [2.45, 2.75) is 44.9 Å². The quantitative estimate of drug-likeness (QED) is 0.917. The molecule has 0 unspecified atom stereocenters. The first kappa shape index (κ1) is 14.1. The minimum absolute atomic E-state index is 0.00198. The van der Waals surface area contributed by atoms with E-state index in [1.54, 1.807) is 0 Å². The zero-order chi connectivity index (χ0) is 14.0. The predicted octanol–water partition coefficient (Wildman–Crippen LogP) is 2.72. The van der Waals surface area contributed by atoms with E-state index < -0.39 is 0 Å². The number of likely N-dealkylation sites (tertiary alicyclic amines) is 1. The number of nitrogens with zero attached hydrogens (tertiary/aromatic N) is 1. The Morgan fingerprint density at radius 3 is 2.45 bits per heavy atom. The molecule has 0 atom stereocenters. The van der Waals surface area contributed by atoms with Gasteiger partial charge in [0, 0.05) is 39.0 Å². The molecule has 0 radical (unpaired) electrons. The number of hydrogen-bond donors (Lipinski definition) is 1. The summed E-state index contributed by atoms with van der Waals surface area (Å²) in [5, 5.41) is 3.53. The maximum atomic E-state index is 5.88. The first-order valence-electron chi connectivity index (χ1n) is 7.87. The lowest BCUT2D eigenvalue weighted by atomic mass is 9.99. The summed E-state index contributed by atoms with van der Waals surface area (Å²) in [6.45, 7) is 9.68. The highest BCUT2D eigenvalue weighted by Gasteiger charge is 2.37. The molecule has 20 heavy (non-hydrogen) atoms. The molecule has 3 nitrogen and oxygen atoms in total. The molecular weight excluding hydrogens is 248 g/mol. The van der Waals surface area contributed by atoms with E-state index in [-0.39, 0.29) is 5.72 Å². The van der Waals surface area contributed by atoms with Gasteiger partial charge in [-0.25, -0.2) is 0 Å². The van der Waals surface area contributed by atoms with Gasteiger partial charge in [-0.2, -0.15) is 0 Å². The summed E-state index contributed by atoms with van der Waals surface area (Å²) < 4.78 is 5.88. The van der Waals surface area contributed by atoms with Crippen molar-refractivity contribution >= 4 is 0 Å². The summed E-state index contributed by atoms with van der Waals surface area (Å²) in [5.74, 6) is 0.615. The molecule has 1 aromatic carbocycles. The monoisotopic (exact) mass is 274 g/mol. The van der Waals surface area contributed by atoms with E-state index in [2.05, 4.69) is 48.3 Å². The molecule has 0 bridgehead atoms. The largest absolute Gasteiger partial charge is 0.359 e. The van der Waals surface area contributed by atoms with Crippen LogP contribution in [0.25, 0.3) is 0 Å². The van der Waals surface area contributed by atoms with E-state index in [9.17, 15) is 0 Å². The van der Waals surface area contributed by atoms with Crippen LogP contribution in [0.3, 0.4) is 0 Å². The van der Waals surface area contributed by atoms with Gasteiger partial charge in [0.1, 0.15) is 5.72 Å². The normalized spacial score (nSPS) is 22.8. The number of rotatable bonds is 3. The van der Waals surface area contributed by atoms with Crippen LogP contribution in [0.4, 0.5) is 0 Å². The standard InChI is InChI=1S/C17H26N2O/c1-14(2)16-5-3-15(4-6-16)13-19-10-7-17(8-11-19)18-9-12-20-17/h3-6,14,18H,7-13H2,1-2H3. The van der Waals surface area contributed by atoms with Crippen molar-refractivity contribution in [3.05, 3.63) is 35.4 Å². The average Bonchev–Trinajstić information content (AvgIpc) is 2.91. The van der Waals surface area contributed by atoms with Crippen molar-refractivity contribution in [2.75, 3.05) is 26.2 Å². The summed E-state index contributed by atoms with van der Waals surface area (Å²) >= 11 is 0. The minimum Gasteiger partial charge on any atom is -0.359 e. The smallest absolute Gasteiger partial charge is 0.121 e. The van der Waals surface area contributed by atoms with Crippen LogP contribution in [-0.4, -0.2) is 36.9 Å². The summed E-state index contributed by atoms with van der Waals surface area (Å²) in [6.07, 6.45) is 2.22. The Balaban J connectivity index is 1.54. The molecular formula is C17H26N2O. The zero-order valence-corrected chi connectivity index (χ0v) is 12.7. The van der Waals surface area contributed by atoms with E-state index in [1.165, 1.54) is 11.1 Å². The fourth-order valence-corrected chi connectivity index (χ4v) is 3.24. The van der Waals surface area contributed by atoms with Gasteiger partial charge in [0.25, 0.3) is 0 Å². The van der Waals surface area contributed by atoms with Gasteiger partial charge in [0.2, 0.25) is 0 Å². The first-order valence-corrected chi connectivity index (χ1v) is 7.87. The Morgan fingerprint density at radius 2 is 1.90 bits per heavy atom. The molecule has 1 spiro atoms. The molecule has 2 fully saturated rings. The van der Waals surface area contributed by atoms with Crippen molar-refractivity contribution < 1.29 is 4.74 Å². The summed E-state index contributed by atoms with van der Waals surface area (Å²) in [6, 6.07) is 9.11. The Bertz CT molecular complexity index is 425. The van der Waals surface area contributed by atoms with Gasteiger partial charge in [-0.3, -0.25) is 10.2 Å². The third-order valence-electron chi connectivity index (χ3n) is 4.64. The Morgan fingerprint density at radius 1 is 1.20 bits per heavy atom. The molecule has 3 heteroatoms. The maximum Gasteiger partial charge on any atom is 0.121 e. The highest BCUT2D eigenvalue weighted by molar-refractivity contribution is 5.24. The van der Waals surface area contributed by atoms with Crippen molar-refractivity contribution in [1.82, 2.24) is 10.2 Å². The molecule has 3 rings (SSSR count). The first-order chi connectivity index (χ1) is 9.67. The van der Waals surface area contributed by atoms with Gasteiger partial charge in [0.05, 0.1) is 6.61 Å². The second kappa shape index (κ2) is 5.84. The molecule has 0 saturated carbocycles. The van der Waals surface area contributed by atoms with Crippen LogP contribution >= 0.6 is 0 Å². The van der Waals surface area contributed by atoms with Crippen LogP contribution in [0.5, 0.6) is 0 Å². The molecule has 2 aliphatic rings. The zero-order valence-electron chi connectivity index (χ0n) is 12.7. The molecule has 2 saturated heterocycles. The van der Waals surface area contributed by atoms with Gasteiger partial charge < -0.3 is 4.74 Å². The van der Waals surface area contributed by atoms with E-state index in [1.807, 2.05) is 0 Å². The number of hydrogen-bond acceptors (Lipinski definition) is 3. The number of benzene rings is 1. The van der Waals surface area contributed by atoms with Crippen molar-refractivity contribution in [3.63, 3.8) is 0 Å². The number of piperidine rings is 1. The third kappa shape index (κ3) is 3.05. The minimum atomic E-state index is -0.00198. The van der Waals surface area contributed by atoms with Crippen LogP contribution < -0.4 is 5.32 Å². The lowest BCUT2D eigenvalue weighted by molar-refractivity contribution is -0.0576. The maximum absolute atomic E-state index is 5.88. The fraction of sp³-hybridized carbons (Fsp3) is 0.647. The average molecular weight is 274 g/mol. The van der Waals surface area contributed by atoms with Crippen LogP contribution in [0.15, 0.2) is 24.3 Å². The van der Waals surface area contributed by atoms with Crippen molar-refractivity contribution in [1.29, 1.82) is 0 Å². The third-order valence-corrected chi connectivity index (χ3v) is 4.64. The van der Waals surface area contributed by atoms with E-state index in [4.69, 9.17) is 4.74 Å². The van der Waals surface area contributed by atoms with Gasteiger partial charge in [-0.1, -0.05) is 38.1 Å². The molecule has 0 aliphatic carbocycles. The summed E-state index contributed by atoms with van der Waals surface area (Å²) in [5.41, 5.74) is 2.85. The number of ether oxygens (including phenoxy) is 1. The van der Waals surface area contributed by atoms with Gasteiger partial charge >= 0.3 is 0 Å². The second-order valence-corrected chi connectivity index (χ2v) is 6.44. The molecule has 0 aromatic heterocycles. The fourth-order valence-electron chi connectivity index (χ4n) is 3.24. The van der Waals surface area contributed by atoms with Crippen molar-refractivity contribution in [3.8, 4) is 0 Å². The topological polar surface area (TPSA) is 24.5 Å². The van der Waals surface area contributed by atoms with E-state index in [0.717, 1.165) is 45.6 Å². The molecule has 0 amide bonds. The number of nitrogens with one attached hydrogen (secondary N) is 1.